The summed E-state index contributed by atoms with van der Waals surface area (Å²) in [5.41, 5.74) is 5.52. The van der Waals surface area contributed by atoms with Gasteiger partial charge in [0.1, 0.15) is 0 Å². The molecule has 3 nitrogen and oxygen atoms in total. The van der Waals surface area contributed by atoms with Gasteiger partial charge in [-0.2, -0.15) is 0 Å². The lowest BCUT2D eigenvalue weighted by Crippen LogP contribution is -2.36. The van der Waals surface area contributed by atoms with Crippen LogP contribution < -0.4 is 5.73 Å². The van der Waals surface area contributed by atoms with Crippen LogP contribution in [-0.4, -0.2) is 42.3 Å². The van der Waals surface area contributed by atoms with E-state index in [0.717, 1.165) is 32.5 Å². The van der Waals surface area contributed by atoms with Gasteiger partial charge in [-0.3, -0.25) is 4.90 Å². The molecule has 0 radical (unpaired) electrons. The Balaban J connectivity index is 3.45. The third kappa shape index (κ3) is 6.99. The van der Waals surface area contributed by atoms with Crippen LogP contribution in [0.4, 0.5) is 0 Å². The third-order valence-electron chi connectivity index (χ3n) is 2.25. The van der Waals surface area contributed by atoms with Crippen molar-refractivity contribution in [1.82, 2.24) is 4.90 Å². The minimum atomic E-state index is 0.318. The average molecular weight is 188 g/mol. The first-order valence-electron chi connectivity index (χ1n) is 5.27. The highest BCUT2D eigenvalue weighted by Crippen LogP contribution is 2.02. The zero-order valence-electron chi connectivity index (χ0n) is 9.00. The number of unbranched alkanes of at least 4 members (excludes halogenated alkanes) is 2. The Morgan fingerprint density at radius 3 is 2.31 bits per heavy atom. The van der Waals surface area contributed by atoms with E-state index in [1.165, 1.54) is 6.42 Å². The van der Waals surface area contributed by atoms with E-state index in [4.69, 9.17) is 10.8 Å². The standard InChI is InChI=1S/C10H24N2O/c1-10(2)12(8-6-11)7-4-3-5-9-13/h10,13H,3-9,11H2,1-2H3. The summed E-state index contributed by atoms with van der Waals surface area (Å²) in [5, 5.41) is 8.61. The summed E-state index contributed by atoms with van der Waals surface area (Å²) in [6.45, 7) is 7.53. The van der Waals surface area contributed by atoms with Crippen molar-refractivity contribution in [3.05, 3.63) is 0 Å². The average Bonchev–Trinajstić information content (AvgIpc) is 2.10. The van der Waals surface area contributed by atoms with Crippen LogP contribution >= 0.6 is 0 Å². The highest BCUT2D eigenvalue weighted by molar-refractivity contribution is 4.62. The number of hydrogen-bond acceptors (Lipinski definition) is 3. The summed E-state index contributed by atoms with van der Waals surface area (Å²) in [7, 11) is 0. The van der Waals surface area contributed by atoms with E-state index in [9.17, 15) is 0 Å². The largest absolute Gasteiger partial charge is 0.396 e. The van der Waals surface area contributed by atoms with E-state index >= 15 is 0 Å². The van der Waals surface area contributed by atoms with Gasteiger partial charge < -0.3 is 10.8 Å². The Labute approximate surface area is 81.9 Å². The van der Waals surface area contributed by atoms with E-state index in [2.05, 4.69) is 18.7 Å². The molecule has 0 saturated carbocycles. The van der Waals surface area contributed by atoms with Gasteiger partial charge in [0.25, 0.3) is 0 Å². The molecule has 0 bridgehead atoms. The van der Waals surface area contributed by atoms with Crippen LogP contribution in [-0.2, 0) is 0 Å². The molecule has 0 heterocycles. The quantitative estimate of drug-likeness (QED) is 0.554. The maximum Gasteiger partial charge on any atom is 0.0431 e. The molecule has 0 aliphatic rings. The Morgan fingerprint density at radius 1 is 1.15 bits per heavy atom. The third-order valence-corrected chi connectivity index (χ3v) is 2.25. The van der Waals surface area contributed by atoms with Crippen molar-refractivity contribution in [1.29, 1.82) is 0 Å². The molecule has 0 aliphatic heterocycles. The van der Waals surface area contributed by atoms with Gasteiger partial charge in [-0.25, -0.2) is 0 Å². The summed E-state index contributed by atoms with van der Waals surface area (Å²) in [6, 6.07) is 0.581. The number of hydrogen-bond donors (Lipinski definition) is 2. The van der Waals surface area contributed by atoms with Crippen LogP contribution in [0.2, 0.25) is 0 Å². The maximum atomic E-state index is 8.61. The highest BCUT2D eigenvalue weighted by Gasteiger charge is 2.06. The summed E-state index contributed by atoms with van der Waals surface area (Å²) in [6.07, 6.45) is 3.21. The molecule has 0 fully saturated rings. The molecule has 0 unspecified atom stereocenters. The van der Waals surface area contributed by atoms with Crippen LogP contribution in [0.25, 0.3) is 0 Å². The fourth-order valence-electron chi connectivity index (χ4n) is 1.40. The normalized spacial score (nSPS) is 11.5. The molecule has 0 atom stereocenters. The molecular weight excluding hydrogens is 164 g/mol. The zero-order chi connectivity index (χ0) is 10.1. The second kappa shape index (κ2) is 8.48. The molecule has 0 rings (SSSR count). The first-order valence-corrected chi connectivity index (χ1v) is 5.27. The summed E-state index contributed by atoms with van der Waals surface area (Å²) >= 11 is 0. The highest BCUT2D eigenvalue weighted by atomic mass is 16.2. The van der Waals surface area contributed by atoms with Crippen molar-refractivity contribution in [2.75, 3.05) is 26.2 Å². The lowest BCUT2D eigenvalue weighted by atomic mass is 10.2. The summed E-state index contributed by atoms with van der Waals surface area (Å²) < 4.78 is 0. The molecule has 0 spiro atoms. The van der Waals surface area contributed by atoms with Crippen molar-refractivity contribution in [2.45, 2.75) is 39.2 Å². The van der Waals surface area contributed by atoms with Gasteiger partial charge in [-0.1, -0.05) is 0 Å². The van der Waals surface area contributed by atoms with Gasteiger partial charge in [0.2, 0.25) is 0 Å². The van der Waals surface area contributed by atoms with Crippen molar-refractivity contribution in [3.8, 4) is 0 Å². The van der Waals surface area contributed by atoms with Crippen LogP contribution in [0.3, 0.4) is 0 Å². The predicted molar refractivity (Wildman–Crippen MR) is 56.7 cm³/mol. The van der Waals surface area contributed by atoms with E-state index in [0.29, 0.717) is 12.6 Å². The van der Waals surface area contributed by atoms with Crippen molar-refractivity contribution >= 4 is 0 Å². The molecule has 3 heteroatoms. The van der Waals surface area contributed by atoms with E-state index < -0.39 is 0 Å². The second-order valence-corrected chi connectivity index (χ2v) is 3.70. The minimum absolute atomic E-state index is 0.318. The van der Waals surface area contributed by atoms with Gasteiger partial charge in [-0.15, -0.1) is 0 Å². The number of rotatable bonds is 8. The Morgan fingerprint density at radius 2 is 1.85 bits per heavy atom. The molecule has 13 heavy (non-hydrogen) atoms. The number of aliphatic hydroxyl groups is 1. The number of aliphatic hydroxyl groups excluding tert-OH is 1. The Hall–Kier alpha value is -0.120. The molecule has 0 aliphatic carbocycles. The predicted octanol–water partition coefficient (Wildman–Crippen LogP) is 0.818. The first-order chi connectivity index (χ1) is 6.22. The molecule has 0 saturated heterocycles. The van der Waals surface area contributed by atoms with Crippen LogP contribution in [0.15, 0.2) is 0 Å². The fourth-order valence-corrected chi connectivity index (χ4v) is 1.40. The molecule has 0 aromatic heterocycles. The van der Waals surface area contributed by atoms with Crippen LogP contribution in [0, 0.1) is 0 Å². The molecular formula is C10H24N2O. The van der Waals surface area contributed by atoms with Crippen molar-refractivity contribution in [2.24, 2.45) is 5.73 Å². The van der Waals surface area contributed by atoms with Gasteiger partial charge >= 0.3 is 0 Å². The minimum Gasteiger partial charge on any atom is -0.396 e. The Bertz CT molecular complexity index is 107. The zero-order valence-corrected chi connectivity index (χ0v) is 9.00. The fraction of sp³-hybridized carbons (Fsp3) is 1.00. The summed E-state index contributed by atoms with van der Waals surface area (Å²) in [5.74, 6) is 0. The SMILES string of the molecule is CC(C)N(CCN)CCCCCO. The lowest BCUT2D eigenvalue weighted by Gasteiger charge is -2.25. The molecule has 0 aromatic rings. The van der Waals surface area contributed by atoms with E-state index in [1.807, 2.05) is 0 Å². The smallest absolute Gasteiger partial charge is 0.0431 e. The second-order valence-electron chi connectivity index (χ2n) is 3.70. The van der Waals surface area contributed by atoms with Crippen molar-refractivity contribution < 1.29 is 5.11 Å². The molecule has 3 N–H and O–H groups in total. The van der Waals surface area contributed by atoms with Crippen molar-refractivity contribution in [3.63, 3.8) is 0 Å². The molecule has 0 amide bonds. The number of nitrogens with zero attached hydrogens (tertiary/aromatic N) is 1. The molecule has 0 aromatic carbocycles. The van der Waals surface area contributed by atoms with E-state index in [1.54, 1.807) is 0 Å². The maximum absolute atomic E-state index is 8.61. The van der Waals surface area contributed by atoms with Gasteiger partial charge in [-0.05, 0) is 39.7 Å². The lowest BCUT2D eigenvalue weighted by molar-refractivity contribution is 0.217. The summed E-state index contributed by atoms with van der Waals surface area (Å²) in [4.78, 5) is 2.39. The van der Waals surface area contributed by atoms with Gasteiger partial charge in [0.15, 0.2) is 0 Å². The van der Waals surface area contributed by atoms with E-state index in [-0.39, 0.29) is 0 Å². The topological polar surface area (TPSA) is 49.5 Å². The van der Waals surface area contributed by atoms with Crippen LogP contribution in [0.5, 0.6) is 0 Å². The molecule has 80 valence electrons. The van der Waals surface area contributed by atoms with Gasteiger partial charge in [0.05, 0.1) is 0 Å². The monoisotopic (exact) mass is 188 g/mol. The van der Waals surface area contributed by atoms with Gasteiger partial charge in [0, 0.05) is 25.7 Å². The first kappa shape index (κ1) is 12.9. The Kier molecular flexibility index (Phi) is 8.40. The number of nitrogens with two attached hydrogens (primary N) is 1. The van der Waals surface area contributed by atoms with Crippen LogP contribution in [0.1, 0.15) is 33.1 Å².